The van der Waals surface area contributed by atoms with Crippen molar-refractivity contribution in [2.75, 3.05) is 32.5 Å². The van der Waals surface area contributed by atoms with Crippen LogP contribution in [0.2, 0.25) is 0 Å². The molecule has 33 heavy (non-hydrogen) atoms. The standard InChI is InChI=1S/C24H27N5O3S/c1-31-19-7-3-17(4-8-19)11-26-13-21-22(33)25-24(30)29-16-27(15-28(14-26)23(21)29)12-18-5-9-20(32-2)10-6-18/h3-10H,11-16H2,1-2H3,(H,25,30,33). The molecule has 1 aromatic heterocycles. The monoisotopic (exact) mass is 465 g/mol. The van der Waals surface area contributed by atoms with Crippen molar-refractivity contribution in [1.82, 2.24) is 19.4 Å². The summed E-state index contributed by atoms with van der Waals surface area (Å²) < 4.78 is 12.9. The molecule has 0 bridgehead atoms. The minimum atomic E-state index is -0.160. The lowest BCUT2D eigenvalue weighted by atomic mass is 10.1. The maximum atomic E-state index is 12.8. The lowest BCUT2D eigenvalue weighted by Crippen LogP contribution is -2.54. The van der Waals surface area contributed by atoms with Crippen molar-refractivity contribution in [2.45, 2.75) is 26.3 Å². The minimum Gasteiger partial charge on any atom is -0.497 e. The number of nitrogens with one attached hydrogen (secondary N) is 1. The van der Waals surface area contributed by atoms with Gasteiger partial charge in [-0.15, -0.1) is 0 Å². The van der Waals surface area contributed by atoms with E-state index in [2.05, 4.69) is 43.9 Å². The van der Waals surface area contributed by atoms with Gasteiger partial charge in [0.15, 0.2) is 0 Å². The van der Waals surface area contributed by atoms with Gasteiger partial charge in [-0.3, -0.25) is 19.4 Å². The largest absolute Gasteiger partial charge is 0.497 e. The molecule has 0 fully saturated rings. The van der Waals surface area contributed by atoms with Gasteiger partial charge in [0, 0.05) is 25.2 Å². The summed E-state index contributed by atoms with van der Waals surface area (Å²) >= 11 is 5.56. The fourth-order valence-electron chi connectivity index (χ4n) is 4.60. The molecule has 2 aliphatic heterocycles. The predicted octanol–water partition coefficient (Wildman–Crippen LogP) is 3.13. The normalized spacial score (nSPS) is 15.9. The van der Waals surface area contributed by atoms with Gasteiger partial charge in [0.25, 0.3) is 0 Å². The topological polar surface area (TPSA) is 66.0 Å². The number of anilines is 1. The van der Waals surface area contributed by atoms with E-state index >= 15 is 0 Å². The number of hydrogen-bond donors (Lipinski definition) is 1. The number of hydrogen-bond acceptors (Lipinski definition) is 7. The molecule has 0 saturated heterocycles. The molecule has 0 amide bonds. The van der Waals surface area contributed by atoms with Gasteiger partial charge in [-0.25, -0.2) is 4.79 Å². The van der Waals surface area contributed by atoms with E-state index in [4.69, 9.17) is 21.7 Å². The third-order valence-electron chi connectivity index (χ3n) is 6.16. The molecule has 1 N–H and O–H groups in total. The molecule has 0 spiro atoms. The summed E-state index contributed by atoms with van der Waals surface area (Å²) in [5.74, 6) is 2.63. The molecule has 8 nitrogen and oxygen atoms in total. The number of benzene rings is 2. The van der Waals surface area contributed by atoms with E-state index in [1.54, 1.807) is 14.2 Å². The van der Waals surface area contributed by atoms with Crippen LogP contribution in [0.1, 0.15) is 16.7 Å². The average Bonchev–Trinajstić information content (AvgIpc) is 2.83. The summed E-state index contributed by atoms with van der Waals surface area (Å²) in [5.41, 5.74) is 3.22. The summed E-state index contributed by atoms with van der Waals surface area (Å²) in [6.45, 7) is 4.18. The first-order chi connectivity index (χ1) is 16.0. The molecule has 2 aromatic carbocycles. The first-order valence-corrected chi connectivity index (χ1v) is 11.3. The van der Waals surface area contributed by atoms with Crippen LogP contribution in [-0.2, 0) is 26.3 Å². The second-order valence-corrected chi connectivity index (χ2v) is 8.87. The van der Waals surface area contributed by atoms with Crippen LogP contribution in [-0.4, -0.2) is 46.9 Å². The molecular weight excluding hydrogens is 438 g/mol. The summed E-state index contributed by atoms with van der Waals surface area (Å²) in [6.07, 6.45) is 0. The number of H-pyrrole nitrogens is 1. The first kappa shape index (κ1) is 21.7. The van der Waals surface area contributed by atoms with E-state index in [9.17, 15) is 4.79 Å². The predicted molar refractivity (Wildman–Crippen MR) is 129 cm³/mol. The highest BCUT2D eigenvalue weighted by Gasteiger charge is 2.32. The van der Waals surface area contributed by atoms with Gasteiger partial charge >= 0.3 is 5.69 Å². The SMILES string of the molecule is COc1ccc(CN2Cc3c4n(c(=O)[nH]c3=S)CN(Cc3ccc(OC)cc3)CN4C2)cc1. The highest BCUT2D eigenvalue weighted by atomic mass is 32.1. The average molecular weight is 466 g/mol. The van der Waals surface area contributed by atoms with Crippen molar-refractivity contribution in [3.05, 3.63) is 80.3 Å². The van der Waals surface area contributed by atoms with Crippen LogP contribution >= 0.6 is 12.2 Å². The Morgan fingerprint density at radius 3 is 1.97 bits per heavy atom. The summed E-state index contributed by atoms with van der Waals surface area (Å²) in [7, 11) is 3.34. The van der Waals surface area contributed by atoms with Crippen molar-refractivity contribution in [3.8, 4) is 11.5 Å². The Labute approximate surface area is 197 Å². The molecule has 0 aliphatic carbocycles. The third kappa shape index (κ3) is 4.39. The Morgan fingerprint density at radius 1 is 0.848 bits per heavy atom. The molecule has 5 rings (SSSR count). The van der Waals surface area contributed by atoms with Gasteiger partial charge in [0.2, 0.25) is 0 Å². The zero-order chi connectivity index (χ0) is 22.9. The van der Waals surface area contributed by atoms with E-state index in [0.29, 0.717) is 17.9 Å². The van der Waals surface area contributed by atoms with Crippen LogP contribution in [0.15, 0.2) is 53.3 Å². The molecule has 3 heterocycles. The first-order valence-electron chi connectivity index (χ1n) is 10.9. The van der Waals surface area contributed by atoms with E-state index in [-0.39, 0.29) is 5.69 Å². The van der Waals surface area contributed by atoms with E-state index in [1.807, 2.05) is 28.8 Å². The summed E-state index contributed by atoms with van der Waals surface area (Å²) in [4.78, 5) is 22.5. The second-order valence-electron chi connectivity index (χ2n) is 8.47. The smallest absolute Gasteiger partial charge is 0.329 e. The number of methoxy groups -OCH3 is 2. The maximum Gasteiger partial charge on any atom is 0.329 e. The van der Waals surface area contributed by atoms with Gasteiger partial charge in [-0.1, -0.05) is 36.5 Å². The van der Waals surface area contributed by atoms with Crippen molar-refractivity contribution in [2.24, 2.45) is 0 Å². The molecule has 172 valence electrons. The van der Waals surface area contributed by atoms with Gasteiger partial charge in [-0.2, -0.15) is 0 Å². The Bertz CT molecular complexity index is 1160. The molecular formula is C24H27N5O3S. The quantitative estimate of drug-likeness (QED) is 0.561. The molecule has 9 heteroatoms. The van der Waals surface area contributed by atoms with E-state index in [0.717, 1.165) is 49.3 Å². The molecule has 0 atom stereocenters. The number of aromatic nitrogens is 2. The fraction of sp³-hybridized carbons (Fsp3) is 0.333. The summed E-state index contributed by atoms with van der Waals surface area (Å²) in [5, 5.41) is 0. The van der Waals surface area contributed by atoms with Crippen LogP contribution in [0, 0.1) is 4.64 Å². The van der Waals surface area contributed by atoms with Crippen molar-refractivity contribution >= 4 is 18.0 Å². The van der Waals surface area contributed by atoms with Crippen LogP contribution in [0.25, 0.3) is 0 Å². The highest BCUT2D eigenvalue weighted by Crippen LogP contribution is 2.31. The molecule has 0 radical (unpaired) electrons. The Balaban J connectivity index is 1.41. The fourth-order valence-corrected chi connectivity index (χ4v) is 4.84. The van der Waals surface area contributed by atoms with Crippen LogP contribution in [0.5, 0.6) is 11.5 Å². The zero-order valence-electron chi connectivity index (χ0n) is 18.8. The third-order valence-corrected chi connectivity index (χ3v) is 6.51. The second kappa shape index (κ2) is 9.01. The van der Waals surface area contributed by atoms with E-state index in [1.165, 1.54) is 11.1 Å². The molecule has 0 saturated carbocycles. The number of aromatic amines is 1. The number of rotatable bonds is 6. The summed E-state index contributed by atoms with van der Waals surface area (Å²) in [6, 6.07) is 16.2. The highest BCUT2D eigenvalue weighted by molar-refractivity contribution is 7.71. The van der Waals surface area contributed by atoms with Gasteiger partial charge in [0.05, 0.1) is 34.2 Å². The van der Waals surface area contributed by atoms with Gasteiger partial charge in [-0.05, 0) is 35.4 Å². The zero-order valence-corrected chi connectivity index (χ0v) is 19.6. The van der Waals surface area contributed by atoms with Gasteiger partial charge in [0.1, 0.15) is 22.0 Å². The Kier molecular flexibility index (Phi) is 5.92. The van der Waals surface area contributed by atoms with Crippen LogP contribution < -0.4 is 20.1 Å². The lowest BCUT2D eigenvalue weighted by molar-refractivity contribution is 0.145. The Morgan fingerprint density at radius 2 is 1.39 bits per heavy atom. The maximum absolute atomic E-state index is 12.8. The molecule has 2 aliphatic rings. The lowest BCUT2D eigenvalue weighted by Gasteiger charge is -2.45. The number of ether oxygens (including phenoxy) is 2. The molecule has 0 unspecified atom stereocenters. The Hall–Kier alpha value is -3.14. The van der Waals surface area contributed by atoms with Crippen molar-refractivity contribution in [1.29, 1.82) is 0 Å². The van der Waals surface area contributed by atoms with Gasteiger partial charge < -0.3 is 14.4 Å². The van der Waals surface area contributed by atoms with Crippen molar-refractivity contribution in [3.63, 3.8) is 0 Å². The minimum absolute atomic E-state index is 0.160. The van der Waals surface area contributed by atoms with Crippen LogP contribution in [0.4, 0.5) is 5.82 Å². The van der Waals surface area contributed by atoms with Crippen LogP contribution in [0.3, 0.4) is 0 Å². The van der Waals surface area contributed by atoms with E-state index < -0.39 is 0 Å². The number of nitrogens with zero attached hydrogens (tertiary/aromatic N) is 4. The van der Waals surface area contributed by atoms with Crippen molar-refractivity contribution < 1.29 is 9.47 Å². The molecule has 3 aromatic rings.